The second-order valence-corrected chi connectivity index (χ2v) is 8.87. The van der Waals surface area contributed by atoms with Crippen molar-refractivity contribution in [2.24, 2.45) is 14.1 Å². The summed E-state index contributed by atoms with van der Waals surface area (Å²) >= 11 is 0. The van der Waals surface area contributed by atoms with Crippen LogP contribution < -0.4 is 9.13 Å². The second kappa shape index (κ2) is 10.1. The van der Waals surface area contributed by atoms with Crippen LogP contribution in [0.3, 0.4) is 0 Å². The summed E-state index contributed by atoms with van der Waals surface area (Å²) in [5, 5.41) is 5.16. The number of nitrogens with zero attached hydrogens (tertiary/aromatic N) is 2. The normalized spacial score (nSPS) is 11.1. The van der Waals surface area contributed by atoms with Gasteiger partial charge in [-0.15, -0.1) is 0 Å². The summed E-state index contributed by atoms with van der Waals surface area (Å²) in [6.45, 7) is 0. The molecule has 0 amide bonds. The van der Waals surface area contributed by atoms with Crippen LogP contribution in [-0.4, -0.2) is 17.5 Å². The van der Waals surface area contributed by atoms with Gasteiger partial charge in [0, 0.05) is 56.2 Å². The standard InChI is InChI=1S/2C14H12N.H2O4S/c2*1-15-13-8-4-2-6-11(13)10-12-7-3-5-9-14(12)15;1-5(2,3)4/h2*2-10H,1H3;(H2,1,2,3,4)/q2*+1;/p-2. The number of rotatable bonds is 0. The molecule has 4 aromatic carbocycles. The fraction of sp³-hybridized carbons (Fsp3) is 0.0714. The maximum Gasteiger partial charge on any atom is 0.212 e. The van der Waals surface area contributed by atoms with Crippen LogP contribution in [0.1, 0.15) is 0 Å². The summed E-state index contributed by atoms with van der Waals surface area (Å²) in [7, 11) is -0.935. The number of pyridine rings is 2. The van der Waals surface area contributed by atoms with E-state index in [4.69, 9.17) is 17.5 Å². The number of hydrogen-bond donors (Lipinski definition) is 0. The van der Waals surface area contributed by atoms with Crippen molar-refractivity contribution in [1.29, 1.82) is 0 Å². The predicted octanol–water partition coefficient (Wildman–Crippen LogP) is 4.30. The van der Waals surface area contributed by atoms with Crippen molar-refractivity contribution in [3.05, 3.63) is 109 Å². The van der Waals surface area contributed by atoms with E-state index in [9.17, 15) is 0 Å². The molecule has 0 spiro atoms. The van der Waals surface area contributed by atoms with E-state index in [-0.39, 0.29) is 0 Å². The van der Waals surface area contributed by atoms with Gasteiger partial charge in [0.15, 0.2) is 0 Å². The third-order valence-corrected chi connectivity index (χ3v) is 5.81. The van der Waals surface area contributed by atoms with E-state index in [0.29, 0.717) is 0 Å². The molecule has 6 rings (SSSR count). The van der Waals surface area contributed by atoms with Crippen molar-refractivity contribution in [3.63, 3.8) is 0 Å². The molecule has 7 heteroatoms. The molecule has 176 valence electrons. The Bertz CT molecular complexity index is 1530. The van der Waals surface area contributed by atoms with Crippen molar-refractivity contribution in [2.45, 2.75) is 0 Å². The number of aromatic nitrogens is 2. The van der Waals surface area contributed by atoms with Crippen LogP contribution in [0.15, 0.2) is 109 Å². The lowest BCUT2D eigenvalue weighted by Gasteiger charge is -2.06. The summed E-state index contributed by atoms with van der Waals surface area (Å²) in [5.74, 6) is 0. The minimum absolute atomic E-state index is 1.27. The Labute approximate surface area is 203 Å². The van der Waals surface area contributed by atoms with E-state index >= 15 is 0 Å². The first kappa shape index (κ1) is 24.2. The van der Waals surface area contributed by atoms with E-state index in [2.05, 4.69) is 132 Å². The van der Waals surface area contributed by atoms with Gasteiger partial charge in [-0.1, -0.05) is 48.5 Å². The minimum atomic E-state index is -5.17. The molecular formula is C28H24N2O4S. The Morgan fingerprint density at radius 3 is 0.914 bits per heavy atom. The lowest BCUT2D eigenvalue weighted by Crippen LogP contribution is -2.29. The first-order chi connectivity index (χ1) is 16.7. The summed E-state index contributed by atoms with van der Waals surface area (Å²) in [6, 6.07) is 38.4. The van der Waals surface area contributed by atoms with Crippen molar-refractivity contribution >= 4 is 54.0 Å². The van der Waals surface area contributed by atoms with E-state index in [0.717, 1.165) is 0 Å². The molecule has 6 nitrogen and oxygen atoms in total. The zero-order valence-corrected chi connectivity index (χ0v) is 20.1. The molecule has 0 atom stereocenters. The zero-order chi connectivity index (χ0) is 25.0. The van der Waals surface area contributed by atoms with Gasteiger partial charge in [-0.05, 0) is 36.4 Å². The highest BCUT2D eigenvalue weighted by molar-refractivity contribution is 7.79. The maximum absolute atomic E-state index is 8.52. The SMILES string of the molecule is C[n+]1c2ccccc2cc2ccccc21.C[n+]1c2ccccc2cc2ccccc21.O=S(=O)([O-])[O-]. The quantitative estimate of drug-likeness (QED) is 0.139. The molecule has 0 N–H and O–H groups in total. The molecule has 35 heavy (non-hydrogen) atoms. The van der Waals surface area contributed by atoms with Crippen molar-refractivity contribution in [2.75, 3.05) is 0 Å². The highest BCUT2D eigenvalue weighted by atomic mass is 32.3. The van der Waals surface area contributed by atoms with E-state index in [1.165, 1.54) is 43.6 Å². The van der Waals surface area contributed by atoms with Gasteiger partial charge >= 0.3 is 0 Å². The highest BCUT2D eigenvalue weighted by Crippen LogP contribution is 2.18. The molecule has 0 saturated carbocycles. The summed E-state index contributed by atoms with van der Waals surface area (Å²) in [5.41, 5.74) is 5.10. The van der Waals surface area contributed by atoms with Gasteiger partial charge in [-0.25, -0.2) is 0 Å². The molecule has 0 bridgehead atoms. The maximum atomic E-state index is 8.52. The largest absolute Gasteiger partial charge is 0.759 e. The van der Waals surface area contributed by atoms with Crippen LogP contribution in [0, 0.1) is 0 Å². The van der Waals surface area contributed by atoms with E-state index in [1.807, 2.05) is 0 Å². The van der Waals surface area contributed by atoms with E-state index in [1.54, 1.807) is 0 Å². The smallest absolute Gasteiger partial charge is 0.212 e. The second-order valence-electron chi connectivity index (χ2n) is 8.05. The number of para-hydroxylation sites is 4. The topological polar surface area (TPSA) is 88.0 Å². The van der Waals surface area contributed by atoms with Gasteiger partial charge in [0.05, 0.1) is 0 Å². The van der Waals surface area contributed by atoms with Gasteiger partial charge < -0.3 is 9.11 Å². The first-order valence-corrected chi connectivity index (χ1v) is 12.3. The number of fused-ring (bicyclic) bond motifs is 4. The Morgan fingerprint density at radius 1 is 0.486 bits per heavy atom. The van der Waals surface area contributed by atoms with Gasteiger partial charge in [0.25, 0.3) is 0 Å². The van der Waals surface area contributed by atoms with Gasteiger partial charge in [0.1, 0.15) is 14.1 Å². The average molecular weight is 485 g/mol. The van der Waals surface area contributed by atoms with Crippen LogP contribution in [-0.2, 0) is 24.5 Å². The summed E-state index contributed by atoms with van der Waals surface area (Å²) in [4.78, 5) is 0. The third kappa shape index (κ3) is 5.78. The molecule has 0 fully saturated rings. The molecule has 0 aliphatic heterocycles. The fourth-order valence-corrected chi connectivity index (χ4v) is 4.25. The highest BCUT2D eigenvalue weighted by Gasteiger charge is 2.10. The molecular weight excluding hydrogens is 460 g/mol. The summed E-state index contributed by atoms with van der Waals surface area (Å²) < 4.78 is 38.6. The zero-order valence-electron chi connectivity index (χ0n) is 19.3. The van der Waals surface area contributed by atoms with E-state index < -0.39 is 10.4 Å². The Hall–Kier alpha value is -3.91. The first-order valence-electron chi connectivity index (χ1n) is 10.9. The molecule has 0 aliphatic carbocycles. The Balaban J connectivity index is 0.000000139. The van der Waals surface area contributed by atoms with Gasteiger partial charge in [-0.2, -0.15) is 9.13 Å². The lowest BCUT2D eigenvalue weighted by molar-refractivity contribution is -0.617. The minimum Gasteiger partial charge on any atom is -0.759 e. The molecule has 0 unspecified atom stereocenters. The number of hydrogen-bond acceptors (Lipinski definition) is 4. The van der Waals surface area contributed by atoms with Crippen LogP contribution in [0.4, 0.5) is 0 Å². The van der Waals surface area contributed by atoms with Crippen molar-refractivity contribution in [1.82, 2.24) is 0 Å². The van der Waals surface area contributed by atoms with Gasteiger partial charge in [-0.3, -0.25) is 8.42 Å². The molecule has 0 radical (unpaired) electrons. The average Bonchev–Trinajstić information content (AvgIpc) is 2.84. The Morgan fingerprint density at radius 2 is 0.686 bits per heavy atom. The Kier molecular flexibility index (Phi) is 7.02. The lowest BCUT2D eigenvalue weighted by atomic mass is 10.1. The third-order valence-electron chi connectivity index (χ3n) is 5.81. The van der Waals surface area contributed by atoms with Crippen LogP contribution >= 0.6 is 0 Å². The molecule has 6 aromatic rings. The van der Waals surface area contributed by atoms with Crippen molar-refractivity contribution in [3.8, 4) is 0 Å². The molecule has 2 aromatic heterocycles. The van der Waals surface area contributed by atoms with Crippen LogP contribution in [0.5, 0.6) is 0 Å². The van der Waals surface area contributed by atoms with Crippen LogP contribution in [0.25, 0.3) is 43.6 Å². The summed E-state index contributed by atoms with van der Waals surface area (Å²) in [6.07, 6.45) is 0. The van der Waals surface area contributed by atoms with Crippen molar-refractivity contribution < 1.29 is 26.7 Å². The fourth-order valence-electron chi connectivity index (χ4n) is 4.25. The molecule has 0 aliphatic rings. The molecule has 2 heterocycles. The number of benzene rings is 4. The van der Waals surface area contributed by atoms with Gasteiger partial charge in [0.2, 0.25) is 22.1 Å². The number of aryl methyl sites for hydroxylation is 2. The van der Waals surface area contributed by atoms with Crippen LogP contribution in [0.2, 0.25) is 0 Å². The molecule has 0 saturated heterocycles. The predicted molar refractivity (Wildman–Crippen MR) is 136 cm³/mol. The monoisotopic (exact) mass is 484 g/mol.